The van der Waals surface area contributed by atoms with Gasteiger partial charge in [-0.2, -0.15) is 0 Å². The molecule has 10 heteroatoms. The molecule has 154 valence electrons. The van der Waals surface area contributed by atoms with E-state index in [1.165, 1.54) is 18.4 Å². The molecule has 28 heavy (non-hydrogen) atoms. The third kappa shape index (κ3) is 5.91. The van der Waals surface area contributed by atoms with Gasteiger partial charge >= 0.3 is 6.03 Å². The van der Waals surface area contributed by atoms with Crippen molar-refractivity contribution in [2.45, 2.75) is 25.7 Å². The molecule has 0 unspecified atom stereocenters. The summed E-state index contributed by atoms with van der Waals surface area (Å²) >= 11 is 1.34. The third-order valence-electron chi connectivity index (χ3n) is 4.36. The lowest BCUT2D eigenvalue weighted by molar-refractivity contribution is 0.252. The first-order chi connectivity index (χ1) is 13.2. The first kappa shape index (κ1) is 22.1. The number of nitrogens with one attached hydrogen (secondary N) is 3. The number of hydrogen-bond donors (Lipinski definition) is 3. The van der Waals surface area contributed by atoms with Gasteiger partial charge in [-0.05, 0) is 31.2 Å². The molecule has 0 aliphatic carbocycles. The molecule has 2 rings (SSSR count). The van der Waals surface area contributed by atoms with E-state index in [4.69, 9.17) is 4.74 Å². The number of sulfonamides is 1. The van der Waals surface area contributed by atoms with Crippen molar-refractivity contribution >= 4 is 32.5 Å². The predicted molar refractivity (Wildman–Crippen MR) is 112 cm³/mol. The van der Waals surface area contributed by atoms with Gasteiger partial charge < -0.3 is 10.1 Å². The summed E-state index contributed by atoms with van der Waals surface area (Å²) in [5.41, 5.74) is 1.60. The van der Waals surface area contributed by atoms with Crippen LogP contribution in [0, 0.1) is 0 Å². The minimum absolute atomic E-state index is 0.0404. The zero-order valence-corrected chi connectivity index (χ0v) is 18.0. The topological polar surface area (TPSA) is 109 Å². The van der Waals surface area contributed by atoms with Crippen LogP contribution in [0.25, 0.3) is 0 Å². The van der Waals surface area contributed by atoms with Gasteiger partial charge in [-0.1, -0.05) is 26.0 Å². The van der Waals surface area contributed by atoms with Crippen LogP contribution in [0.2, 0.25) is 0 Å². The van der Waals surface area contributed by atoms with Crippen LogP contribution in [0.5, 0.6) is 5.75 Å². The molecular formula is C18H26N4O4S2. The number of urea groups is 1. The zero-order chi connectivity index (χ0) is 20.8. The molecule has 3 N–H and O–H groups in total. The molecule has 1 aromatic heterocycles. The van der Waals surface area contributed by atoms with E-state index in [0.29, 0.717) is 11.6 Å². The number of hydrogen-bond acceptors (Lipinski definition) is 6. The lowest BCUT2D eigenvalue weighted by Crippen LogP contribution is -2.31. The van der Waals surface area contributed by atoms with E-state index in [-0.39, 0.29) is 17.7 Å². The van der Waals surface area contributed by atoms with Crippen molar-refractivity contribution in [1.82, 2.24) is 15.0 Å². The second-order valence-corrected chi connectivity index (χ2v) is 9.55. The smallest absolute Gasteiger partial charge is 0.321 e. The fraction of sp³-hybridized carbons (Fsp3) is 0.444. The van der Waals surface area contributed by atoms with Gasteiger partial charge in [0.15, 0.2) is 5.13 Å². The van der Waals surface area contributed by atoms with Crippen molar-refractivity contribution in [2.75, 3.05) is 31.8 Å². The van der Waals surface area contributed by atoms with Gasteiger partial charge in [-0.15, -0.1) is 11.3 Å². The molecule has 0 aliphatic rings. The lowest BCUT2D eigenvalue weighted by atomic mass is 9.82. The van der Waals surface area contributed by atoms with Crippen LogP contribution >= 0.6 is 11.3 Å². The van der Waals surface area contributed by atoms with Crippen LogP contribution in [0.4, 0.5) is 9.93 Å². The third-order valence-corrected chi connectivity index (χ3v) is 6.57. The van der Waals surface area contributed by atoms with Crippen molar-refractivity contribution in [1.29, 1.82) is 0 Å². The zero-order valence-electron chi connectivity index (χ0n) is 16.4. The molecule has 0 saturated carbocycles. The quantitative estimate of drug-likeness (QED) is 0.534. The first-order valence-corrected chi connectivity index (χ1v) is 11.3. The number of rotatable bonds is 9. The number of methoxy groups -OCH3 is 1. The average Bonchev–Trinajstić information content (AvgIpc) is 3.14. The van der Waals surface area contributed by atoms with E-state index < -0.39 is 16.1 Å². The van der Waals surface area contributed by atoms with E-state index in [0.717, 1.165) is 17.0 Å². The molecule has 8 nitrogen and oxygen atoms in total. The fourth-order valence-electron chi connectivity index (χ4n) is 2.48. The second kappa shape index (κ2) is 9.35. The van der Waals surface area contributed by atoms with Crippen LogP contribution < -0.4 is 20.1 Å². The maximum absolute atomic E-state index is 12.0. The summed E-state index contributed by atoms with van der Waals surface area (Å²) in [5.74, 6) is 0.751. The summed E-state index contributed by atoms with van der Waals surface area (Å²) in [6.45, 7) is 4.38. The van der Waals surface area contributed by atoms with Crippen molar-refractivity contribution in [3.63, 3.8) is 0 Å². The molecule has 0 saturated heterocycles. The number of benzene rings is 1. The summed E-state index contributed by atoms with van der Waals surface area (Å²) in [4.78, 5) is 16.5. The number of anilines is 1. The van der Waals surface area contributed by atoms with E-state index >= 15 is 0 Å². The molecule has 1 heterocycles. The maximum atomic E-state index is 12.0. The predicted octanol–water partition coefficient (Wildman–Crippen LogP) is 2.54. The molecule has 2 aromatic rings. The average molecular weight is 427 g/mol. The Morgan fingerprint density at radius 2 is 1.93 bits per heavy atom. The molecule has 1 aromatic carbocycles. The van der Waals surface area contributed by atoms with Gasteiger partial charge in [-0.25, -0.2) is 22.9 Å². The fourth-order valence-corrected chi connectivity index (χ4v) is 4.08. The highest BCUT2D eigenvalue weighted by molar-refractivity contribution is 7.89. The van der Waals surface area contributed by atoms with E-state index in [9.17, 15) is 13.2 Å². The summed E-state index contributed by atoms with van der Waals surface area (Å²) in [6, 6.07) is 7.40. The van der Waals surface area contributed by atoms with Gasteiger partial charge in [0.25, 0.3) is 0 Å². The molecule has 0 bridgehead atoms. The molecule has 0 radical (unpaired) electrons. The summed E-state index contributed by atoms with van der Waals surface area (Å²) in [6.07, 6.45) is 0.324. The molecular weight excluding hydrogens is 400 g/mol. The minimum Gasteiger partial charge on any atom is -0.497 e. The Morgan fingerprint density at radius 1 is 1.25 bits per heavy atom. The highest BCUT2D eigenvalue weighted by Crippen LogP contribution is 2.34. The first-order valence-electron chi connectivity index (χ1n) is 8.74. The normalized spacial score (nSPS) is 11.9. The van der Waals surface area contributed by atoms with Crippen LogP contribution in [0.15, 0.2) is 29.6 Å². The van der Waals surface area contributed by atoms with Gasteiger partial charge in [0.05, 0.1) is 18.6 Å². The van der Waals surface area contributed by atoms with Crippen LogP contribution in [-0.2, 0) is 15.4 Å². The monoisotopic (exact) mass is 426 g/mol. The van der Waals surface area contributed by atoms with E-state index in [1.807, 2.05) is 29.6 Å². The number of ether oxygens (including phenoxy) is 1. The van der Waals surface area contributed by atoms with Gasteiger partial charge in [0.2, 0.25) is 10.0 Å². The Kier molecular flexibility index (Phi) is 7.39. The maximum Gasteiger partial charge on any atom is 0.321 e. The molecule has 0 spiro atoms. The number of amides is 2. The number of nitrogens with zero attached hydrogens (tertiary/aromatic N) is 1. The van der Waals surface area contributed by atoms with Crippen LogP contribution in [-0.4, -0.2) is 45.9 Å². The Morgan fingerprint density at radius 3 is 2.54 bits per heavy atom. The van der Waals surface area contributed by atoms with Gasteiger partial charge in [0, 0.05) is 17.3 Å². The van der Waals surface area contributed by atoms with Gasteiger partial charge in [0.1, 0.15) is 5.75 Å². The van der Waals surface area contributed by atoms with E-state index in [1.54, 1.807) is 7.11 Å². The highest BCUT2D eigenvalue weighted by atomic mass is 32.2. The largest absolute Gasteiger partial charge is 0.497 e. The summed E-state index contributed by atoms with van der Waals surface area (Å²) < 4.78 is 30.1. The van der Waals surface area contributed by atoms with Crippen LogP contribution in [0.3, 0.4) is 0 Å². The number of thiazole rings is 1. The van der Waals surface area contributed by atoms with Gasteiger partial charge in [-0.3, -0.25) is 5.32 Å². The Labute approximate surface area is 169 Å². The van der Waals surface area contributed by atoms with E-state index in [2.05, 4.69) is 34.2 Å². The Hall–Kier alpha value is -2.17. The van der Waals surface area contributed by atoms with Crippen LogP contribution in [0.1, 0.15) is 31.5 Å². The molecule has 0 aliphatic heterocycles. The summed E-state index contributed by atoms with van der Waals surface area (Å²) in [5, 5.41) is 7.72. The molecule has 0 atom stereocenters. The molecule has 0 fully saturated rings. The SMILES string of the molecule is CNS(=O)(=O)CCCNC(=O)Nc1nc(C(C)(C)c2ccc(OC)cc2)cs1. The highest BCUT2D eigenvalue weighted by Gasteiger charge is 2.26. The number of carbonyl (C=O) groups excluding carboxylic acids is 1. The second-order valence-electron chi connectivity index (χ2n) is 6.65. The summed E-state index contributed by atoms with van der Waals surface area (Å²) in [7, 11) is -0.268. The Bertz CT molecular complexity index is 893. The number of aromatic nitrogens is 1. The minimum atomic E-state index is -3.26. The van der Waals surface area contributed by atoms with Crippen molar-refractivity contribution in [3.8, 4) is 5.75 Å². The molecule has 2 amide bonds. The lowest BCUT2D eigenvalue weighted by Gasteiger charge is -2.23. The number of carbonyl (C=O) groups is 1. The van der Waals surface area contributed by atoms with Crippen molar-refractivity contribution in [3.05, 3.63) is 40.9 Å². The standard InChI is InChI=1S/C18H26N4O4S2/c1-18(2,13-6-8-14(26-4)9-7-13)15-12-27-17(21-15)22-16(23)20-10-5-11-28(24,25)19-3/h6-9,12,19H,5,10-11H2,1-4H3,(H2,20,21,22,23). The van der Waals surface area contributed by atoms with Crippen molar-refractivity contribution in [2.24, 2.45) is 0 Å². The van der Waals surface area contributed by atoms with Crippen molar-refractivity contribution < 1.29 is 17.9 Å². The Balaban J connectivity index is 1.92.